The van der Waals surface area contributed by atoms with Gasteiger partial charge in [-0.3, -0.25) is 0 Å². The van der Waals surface area contributed by atoms with E-state index in [0.29, 0.717) is 0 Å². The van der Waals surface area contributed by atoms with Gasteiger partial charge in [-0.05, 0) is 24.6 Å². The van der Waals surface area contributed by atoms with Gasteiger partial charge >= 0.3 is 0 Å². The van der Waals surface area contributed by atoms with Crippen molar-refractivity contribution in [3.05, 3.63) is 48.3 Å². The van der Waals surface area contributed by atoms with E-state index < -0.39 is 0 Å². The van der Waals surface area contributed by atoms with Crippen LogP contribution in [-0.4, -0.2) is 14.8 Å². The predicted molar refractivity (Wildman–Crippen MR) is 50.2 cm³/mol. The number of nitrogens with zero attached hydrogens (tertiary/aromatic N) is 3. The van der Waals surface area contributed by atoms with Crippen LogP contribution in [-0.2, 0) is 0 Å². The van der Waals surface area contributed by atoms with Crippen molar-refractivity contribution < 1.29 is 4.39 Å². The van der Waals surface area contributed by atoms with E-state index in [4.69, 9.17) is 0 Å². The number of hydrogen-bond donors (Lipinski definition) is 0. The second-order valence-electron chi connectivity index (χ2n) is 3.14. The Hall–Kier alpha value is -1.71. The summed E-state index contributed by atoms with van der Waals surface area (Å²) < 4.78 is 14.5. The third kappa shape index (κ3) is 1.64. The minimum Gasteiger partial charge on any atom is -0.313 e. The van der Waals surface area contributed by atoms with Crippen LogP contribution in [0.1, 0.15) is 18.5 Å². The van der Waals surface area contributed by atoms with Crippen LogP contribution in [0, 0.1) is 5.82 Å². The minimum atomic E-state index is -0.218. The summed E-state index contributed by atoms with van der Waals surface area (Å²) in [6.07, 6.45) is 3.29. The fourth-order valence-corrected chi connectivity index (χ4v) is 1.32. The monoisotopic (exact) mass is 191 g/mol. The highest BCUT2D eigenvalue weighted by Gasteiger charge is 2.06. The number of aromatic nitrogens is 3. The Kier molecular flexibility index (Phi) is 2.26. The van der Waals surface area contributed by atoms with Crippen molar-refractivity contribution in [2.75, 3.05) is 0 Å². The summed E-state index contributed by atoms with van der Waals surface area (Å²) in [4.78, 5) is 0. The lowest BCUT2D eigenvalue weighted by molar-refractivity contribution is 0.614. The van der Waals surface area contributed by atoms with Gasteiger partial charge in [-0.2, -0.15) is 0 Å². The van der Waals surface area contributed by atoms with E-state index in [-0.39, 0.29) is 11.9 Å². The molecule has 0 radical (unpaired) electrons. The fraction of sp³-hybridized carbons (Fsp3) is 0.200. The largest absolute Gasteiger partial charge is 0.313 e. The summed E-state index contributed by atoms with van der Waals surface area (Å²) in [6, 6.07) is 6.57. The molecule has 1 unspecified atom stereocenters. The Balaban J connectivity index is 2.28. The van der Waals surface area contributed by atoms with Gasteiger partial charge in [0.15, 0.2) is 0 Å². The molecule has 0 spiro atoms. The lowest BCUT2D eigenvalue weighted by atomic mass is 10.1. The average Bonchev–Trinajstić information content (AvgIpc) is 2.71. The molecule has 0 amide bonds. The van der Waals surface area contributed by atoms with E-state index in [1.54, 1.807) is 24.8 Å². The van der Waals surface area contributed by atoms with Crippen molar-refractivity contribution in [3.8, 4) is 0 Å². The predicted octanol–water partition coefficient (Wildman–Crippen LogP) is 2.03. The molecule has 0 aliphatic heterocycles. The molecule has 0 bridgehead atoms. The highest BCUT2D eigenvalue weighted by atomic mass is 19.1. The van der Waals surface area contributed by atoms with Crippen LogP contribution in [0.25, 0.3) is 0 Å². The second-order valence-corrected chi connectivity index (χ2v) is 3.14. The Morgan fingerprint density at radius 3 is 2.29 bits per heavy atom. The molecule has 1 aromatic carbocycles. The quantitative estimate of drug-likeness (QED) is 0.727. The van der Waals surface area contributed by atoms with E-state index in [0.717, 1.165) is 5.56 Å². The second kappa shape index (κ2) is 3.57. The zero-order chi connectivity index (χ0) is 9.97. The maximum absolute atomic E-state index is 12.7. The average molecular weight is 191 g/mol. The Morgan fingerprint density at radius 2 is 1.71 bits per heavy atom. The van der Waals surface area contributed by atoms with Gasteiger partial charge in [0.1, 0.15) is 18.5 Å². The molecule has 1 heterocycles. The molecular formula is C10H10FN3. The molecule has 1 atom stereocenters. The van der Waals surface area contributed by atoms with Crippen LogP contribution in [0.5, 0.6) is 0 Å². The lowest BCUT2D eigenvalue weighted by Gasteiger charge is -2.11. The number of benzene rings is 1. The van der Waals surface area contributed by atoms with Gasteiger partial charge in [-0.25, -0.2) is 4.39 Å². The first-order valence-corrected chi connectivity index (χ1v) is 4.37. The molecule has 0 saturated carbocycles. The maximum Gasteiger partial charge on any atom is 0.123 e. The molecular weight excluding hydrogens is 181 g/mol. The summed E-state index contributed by atoms with van der Waals surface area (Å²) in [5.41, 5.74) is 1.03. The number of rotatable bonds is 2. The van der Waals surface area contributed by atoms with Crippen LogP contribution in [0.3, 0.4) is 0 Å². The lowest BCUT2D eigenvalue weighted by Crippen LogP contribution is -2.04. The highest BCUT2D eigenvalue weighted by molar-refractivity contribution is 5.19. The molecule has 0 N–H and O–H groups in total. The molecule has 4 heteroatoms. The number of halogens is 1. The molecule has 0 saturated heterocycles. The molecule has 3 nitrogen and oxygen atoms in total. The van der Waals surface area contributed by atoms with Gasteiger partial charge in [0.25, 0.3) is 0 Å². The van der Waals surface area contributed by atoms with Crippen molar-refractivity contribution in [1.29, 1.82) is 0 Å². The van der Waals surface area contributed by atoms with Gasteiger partial charge in [-0.15, -0.1) is 10.2 Å². The summed E-state index contributed by atoms with van der Waals surface area (Å²) in [5, 5.41) is 7.45. The zero-order valence-electron chi connectivity index (χ0n) is 7.76. The SMILES string of the molecule is CC(c1ccc(F)cc1)n1cnnc1. The molecule has 14 heavy (non-hydrogen) atoms. The first-order valence-electron chi connectivity index (χ1n) is 4.37. The van der Waals surface area contributed by atoms with Crippen molar-refractivity contribution >= 4 is 0 Å². The molecule has 0 fully saturated rings. The van der Waals surface area contributed by atoms with E-state index >= 15 is 0 Å². The maximum atomic E-state index is 12.7. The van der Waals surface area contributed by atoms with Crippen LogP contribution >= 0.6 is 0 Å². The van der Waals surface area contributed by atoms with Crippen LogP contribution in [0.2, 0.25) is 0 Å². The first kappa shape index (κ1) is 8.87. The van der Waals surface area contributed by atoms with Gasteiger partial charge in [0, 0.05) is 0 Å². The van der Waals surface area contributed by atoms with Crippen LogP contribution < -0.4 is 0 Å². The van der Waals surface area contributed by atoms with Crippen molar-refractivity contribution in [2.45, 2.75) is 13.0 Å². The summed E-state index contributed by atoms with van der Waals surface area (Å²) in [5.74, 6) is -0.218. The molecule has 0 aliphatic rings. The van der Waals surface area contributed by atoms with Gasteiger partial charge in [-0.1, -0.05) is 12.1 Å². The van der Waals surface area contributed by atoms with Crippen LogP contribution in [0.15, 0.2) is 36.9 Å². The van der Waals surface area contributed by atoms with E-state index in [1.807, 2.05) is 11.5 Å². The third-order valence-corrected chi connectivity index (χ3v) is 2.24. The molecule has 2 rings (SSSR count). The topological polar surface area (TPSA) is 30.7 Å². The number of hydrogen-bond acceptors (Lipinski definition) is 2. The summed E-state index contributed by atoms with van der Waals surface area (Å²) in [7, 11) is 0. The van der Waals surface area contributed by atoms with E-state index in [2.05, 4.69) is 10.2 Å². The highest BCUT2D eigenvalue weighted by Crippen LogP contribution is 2.16. The fourth-order valence-electron chi connectivity index (χ4n) is 1.32. The zero-order valence-corrected chi connectivity index (χ0v) is 7.76. The molecule has 1 aromatic heterocycles. The normalized spacial score (nSPS) is 12.7. The van der Waals surface area contributed by atoms with E-state index in [1.165, 1.54) is 12.1 Å². The van der Waals surface area contributed by atoms with E-state index in [9.17, 15) is 4.39 Å². The minimum absolute atomic E-state index is 0.130. The molecule has 72 valence electrons. The standard InChI is InChI=1S/C10H10FN3/c1-8(14-6-12-13-7-14)9-2-4-10(11)5-3-9/h2-8H,1H3. The Bertz CT molecular complexity index is 394. The first-order chi connectivity index (χ1) is 6.77. The van der Waals surface area contributed by atoms with Gasteiger partial charge in [0.05, 0.1) is 6.04 Å². The smallest absolute Gasteiger partial charge is 0.123 e. The van der Waals surface area contributed by atoms with Gasteiger partial charge in [0.2, 0.25) is 0 Å². The van der Waals surface area contributed by atoms with Crippen molar-refractivity contribution in [1.82, 2.24) is 14.8 Å². The van der Waals surface area contributed by atoms with Crippen molar-refractivity contribution in [2.24, 2.45) is 0 Å². The van der Waals surface area contributed by atoms with Crippen LogP contribution in [0.4, 0.5) is 4.39 Å². The summed E-state index contributed by atoms with van der Waals surface area (Å²) in [6.45, 7) is 2.01. The molecule has 0 aliphatic carbocycles. The molecule has 2 aromatic rings. The van der Waals surface area contributed by atoms with Crippen molar-refractivity contribution in [3.63, 3.8) is 0 Å². The Morgan fingerprint density at radius 1 is 1.14 bits per heavy atom. The Labute approximate surface area is 81.2 Å². The summed E-state index contributed by atoms with van der Waals surface area (Å²) >= 11 is 0. The third-order valence-electron chi connectivity index (χ3n) is 2.24. The van der Waals surface area contributed by atoms with Gasteiger partial charge < -0.3 is 4.57 Å².